The monoisotopic (exact) mass is 236 g/mol. The van der Waals surface area contributed by atoms with Crippen LogP contribution in [-0.2, 0) is 9.59 Å². The molecule has 0 aromatic rings. The first-order valence-corrected chi connectivity index (χ1v) is 4.20. The number of carboxylic acid groups (broad SMARTS) is 2. The van der Waals surface area contributed by atoms with E-state index in [0.717, 1.165) is 6.92 Å². The van der Waals surface area contributed by atoms with Gasteiger partial charge in [-0.2, -0.15) is 0 Å². The number of nitrogens with one attached hydrogen (secondary N) is 1. The second kappa shape index (κ2) is 11.2. The van der Waals surface area contributed by atoms with E-state index in [1.54, 1.807) is 25.9 Å². The first-order valence-electron chi connectivity index (χ1n) is 4.20. The number of hydrogen-bond acceptors (Lipinski definition) is 4. The Morgan fingerprint density at radius 2 is 1.44 bits per heavy atom. The highest BCUT2D eigenvalue weighted by atomic mass is 16.4. The molecule has 7 N–H and O–H groups in total. The summed E-state index contributed by atoms with van der Waals surface area (Å²) >= 11 is 0. The van der Waals surface area contributed by atoms with Gasteiger partial charge in [-0.25, -0.2) is 0 Å². The SMILES string of the molecule is CC(=O)O.CC(C(=O)O)N(C)C.N=C(N)N. The van der Waals surface area contributed by atoms with Crippen LogP contribution in [0.3, 0.4) is 0 Å². The van der Waals surface area contributed by atoms with Gasteiger partial charge in [-0.3, -0.25) is 19.9 Å². The largest absolute Gasteiger partial charge is 0.481 e. The Bertz CT molecular complexity index is 210. The van der Waals surface area contributed by atoms with Crippen molar-refractivity contribution < 1.29 is 19.8 Å². The zero-order valence-corrected chi connectivity index (χ0v) is 9.89. The van der Waals surface area contributed by atoms with Gasteiger partial charge in [0.25, 0.3) is 5.97 Å². The van der Waals surface area contributed by atoms with E-state index in [2.05, 4.69) is 11.5 Å². The molecule has 16 heavy (non-hydrogen) atoms. The molecule has 0 amide bonds. The average molecular weight is 236 g/mol. The molecule has 1 unspecified atom stereocenters. The van der Waals surface area contributed by atoms with Crippen LogP contribution in [0.15, 0.2) is 0 Å². The summed E-state index contributed by atoms with van der Waals surface area (Å²) in [6, 6.07) is -0.380. The highest BCUT2D eigenvalue weighted by Crippen LogP contribution is 1.88. The van der Waals surface area contributed by atoms with E-state index < -0.39 is 11.9 Å². The third kappa shape index (κ3) is 39.9. The van der Waals surface area contributed by atoms with Gasteiger partial charge in [0.15, 0.2) is 5.96 Å². The number of rotatable bonds is 2. The van der Waals surface area contributed by atoms with Gasteiger partial charge in [0.05, 0.1) is 0 Å². The molecule has 96 valence electrons. The quantitative estimate of drug-likeness (QED) is 0.302. The number of hydrogen-bond donors (Lipinski definition) is 5. The molecule has 0 radical (unpaired) electrons. The highest BCUT2D eigenvalue weighted by molar-refractivity contribution is 5.72. The molecule has 0 spiro atoms. The van der Waals surface area contributed by atoms with Crippen LogP contribution in [-0.4, -0.2) is 53.1 Å². The van der Waals surface area contributed by atoms with Gasteiger partial charge >= 0.3 is 5.97 Å². The van der Waals surface area contributed by atoms with Crippen molar-refractivity contribution >= 4 is 17.9 Å². The Balaban J connectivity index is -0.000000179. The lowest BCUT2D eigenvalue weighted by Gasteiger charge is -2.13. The van der Waals surface area contributed by atoms with Crippen LogP contribution in [0, 0.1) is 5.41 Å². The number of carboxylic acids is 2. The fourth-order valence-electron chi connectivity index (χ4n) is 0.221. The van der Waals surface area contributed by atoms with Crippen LogP contribution in [0.5, 0.6) is 0 Å². The summed E-state index contributed by atoms with van der Waals surface area (Å²) < 4.78 is 0. The Morgan fingerprint density at radius 1 is 1.25 bits per heavy atom. The van der Waals surface area contributed by atoms with Crippen LogP contribution < -0.4 is 11.5 Å². The molecule has 0 rings (SSSR count). The summed E-state index contributed by atoms with van der Waals surface area (Å²) in [6.45, 7) is 2.72. The molecule has 8 heteroatoms. The standard InChI is InChI=1S/C5H11NO2.C2H4O2.CH5N3/c1-4(5(7)8)6(2)3;1-2(3)4;2-1(3)4/h4H,1-3H3,(H,7,8);1H3,(H,3,4);(H5,2,3,4). The predicted octanol–water partition coefficient (Wildman–Crippen LogP) is -1.05. The van der Waals surface area contributed by atoms with Crippen molar-refractivity contribution in [3.8, 4) is 0 Å². The zero-order valence-electron chi connectivity index (χ0n) is 9.89. The summed E-state index contributed by atoms with van der Waals surface area (Å²) in [6.07, 6.45) is 0. The lowest BCUT2D eigenvalue weighted by Crippen LogP contribution is -2.32. The predicted molar refractivity (Wildman–Crippen MR) is 60.2 cm³/mol. The molecular weight excluding hydrogens is 216 g/mol. The van der Waals surface area contributed by atoms with Crippen LogP contribution in [0.2, 0.25) is 0 Å². The molecular formula is C8H20N4O4. The van der Waals surface area contributed by atoms with Gasteiger partial charge in [0.2, 0.25) is 0 Å². The number of carbonyl (C=O) groups is 2. The average Bonchev–Trinajstić information content (AvgIpc) is 2.00. The van der Waals surface area contributed by atoms with Crippen LogP contribution in [0.25, 0.3) is 0 Å². The van der Waals surface area contributed by atoms with Gasteiger partial charge in [0.1, 0.15) is 6.04 Å². The summed E-state index contributed by atoms with van der Waals surface area (Å²) in [7, 11) is 3.47. The molecule has 1 atom stereocenters. The van der Waals surface area contributed by atoms with Crippen LogP contribution in [0.1, 0.15) is 13.8 Å². The smallest absolute Gasteiger partial charge is 0.320 e. The van der Waals surface area contributed by atoms with Gasteiger partial charge in [-0.05, 0) is 21.0 Å². The van der Waals surface area contributed by atoms with Crippen molar-refractivity contribution in [3.63, 3.8) is 0 Å². The fraction of sp³-hybridized carbons (Fsp3) is 0.625. The topological polar surface area (TPSA) is 154 Å². The number of likely N-dealkylation sites (N-methyl/N-ethyl adjacent to an activating group) is 1. The highest BCUT2D eigenvalue weighted by Gasteiger charge is 2.11. The van der Waals surface area contributed by atoms with Gasteiger partial charge < -0.3 is 21.7 Å². The molecule has 0 saturated heterocycles. The third-order valence-electron chi connectivity index (χ3n) is 1.13. The minimum absolute atomic E-state index is 0.333. The van der Waals surface area contributed by atoms with E-state index in [1.807, 2.05) is 0 Å². The lowest BCUT2D eigenvalue weighted by atomic mass is 10.3. The normalized spacial score (nSPS) is 10.1. The molecule has 8 nitrogen and oxygen atoms in total. The van der Waals surface area contributed by atoms with Crippen molar-refractivity contribution in [2.24, 2.45) is 11.5 Å². The number of aliphatic carboxylic acids is 2. The second-order valence-corrected chi connectivity index (χ2v) is 2.95. The summed E-state index contributed by atoms with van der Waals surface area (Å²) in [5.74, 6) is -1.95. The van der Waals surface area contributed by atoms with Gasteiger partial charge in [-0.1, -0.05) is 0 Å². The van der Waals surface area contributed by atoms with Crippen LogP contribution >= 0.6 is 0 Å². The van der Waals surface area contributed by atoms with Crippen LogP contribution in [0.4, 0.5) is 0 Å². The lowest BCUT2D eigenvalue weighted by molar-refractivity contribution is -0.141. The number of guanidine groups is 1. The second-order valence-electron chi connectivity index (χ2n) is 2.95. The molecule has 0 aromatic heterocycles. The number of nitrogens with two attached hydrogens (primary N) is 2. The molecule has 0 heterocycles. The summed E-state index contributed by atoms with van der Waals surface area (Å²) in [5, 5.41) is 21.8. The molecule has 0 aliphatic carbocycles. The van der Waals surface area contributed by atoms with E-state index >= 15 is 0 Å². The number of nitrogens with zero attached hydrogens (tertiary/aromatic N) is 1. The Kier molecular flexibility index (Phi) is 13.8. The van der Waals surface area contributed by atoms with E-state index in [-0.39, 0.29) is 12.0 Å². The molecule has 0 bridgehead atoms. The van der Waals surface area contributed by atoms with E-state index in [0.29, 0.717) is 0 Å². The zero-order chi connectivity index (χ0) is 13.9. The van der Waals surface area contributed by atoms with E-state index in [9.17, 15) is 4.79 Å². The van der Waals surface area contributed by atoms with Crippen molar-refractivity contribution in [1.29, 1.82) is 5.41 Å². The van der Waals surface area contributed by atoms with Gasteiger partial charge in [-0.15, -0.1) is 0 Å². The maximum atomic E-state index is 10.1. The first-order chi connectivity index (χ1) is 7.02. The van der Waals surface area contributed by atoms with Gasteiger partial charge in [0, 0.05) is 6.92 Å². The fourth-order valence-corrected chi connectivity index (χ4v) is 0.221. The van der Waals surface area contributed by atoms with Crippen molar-refractivity contribution in [3.05, 3.63) is 0 Å². The Hall–Kier alpha value is -1.83. The summed E-state index contributed by atoms with van der Waals surface area (Å²) in [4.78, 5) is 20.7. The van der Waals surface area contributed by atoms with E-state index in [4.69, 9.17) is 20.4 Å². The maximum Gasteiger partial charge on any atom is 0.320 e. The molecule has 0 saturated carbocycles. The maximum absolute atomic E-state index is 10.1. The first kappa shape index (κ1) is 19.7. The minimum atomic E-state index is -0.833. The summed E-state index contributed by atoms with van der Waals surface area (Å²) in [5.41, 5.74) is 8.94. The third-order valence-corrected chi connectivity index (χ3v) is 1.13. The molecule has 0 aromatic carbocycles. The Morgan fingerprint density at radius 3 is 1.44 bits per heavy atom. The molecule has 0 fully saturated rings. The minimum Gasteiger partial charge on any atom is -0.481 e. The van der Waals surface area contributed by atoms with Crippen molar-refractivity contribution in [2.45, 2.75) is 19.9 Å². The van der Waals surface area contributed by atoms with Crippen molar-refractivity contribution in [2.75, 3.05) is 14.1 Å². The van der Waals surface area contributed by atoms with E-state index in [1.165, 1.54) is 0 Å². The Labute approximate surface area is 94.3 Å². The molecule has 0 aliphatic rings. The molecule has 0 aliphatic heterocycles. The van der Waals surface area contributed by atoms with Crippen molar-refractivity contribution in [1.82, 2.24) is 4.90 Å².